The summed E-state index contributed by atoms with van der Waals surface area (Å²) in [5.41, 5.74) is 1.87. The third kappa shape index (κ3) is 3.72. The zero-order valence-corrected chi connectivity index (χ0v) is 13.2. The predicted octanol–water partition coefficient (Wildman–Crippen LogP) is 3.38. The van der Waals surface area contributed by atoms with E-state index in [2.05, 4.69) is 10.3 Å². The van der Waals surface area contributed by atoms with Gasteiger partial charge >= 0.3 is 5.76 Å². The van der Waals surface area contributed by atoms with E-state index in [1.54, 1.807) is 42.5 Å². The first-order chi connectivity index (χ1) is 11.5. The van der Waals surface area contributed by atoms with Crippen LogP contribution < -0.4 is 11.1 Å². The van der Waals surface area contributed by atoms with Gasteiger partial charge in [-0.05, 0) is 24.3 Å². The highest BCUT2D eigenvalue weighted by Crippen LogP contribution is 2.17. The zero-order valence-electron chi connectivity index (χ0n) is 12.5. The summed E-state index contributed by atoms with van der Waals surface area (Å²) < 4.78 is 4.93. The van der Waals surface area contributed by atoms with Crippen LogP contribution in [0.1, 0.15) is 23.2 Å². The van der Waals surface area contributed by atoms with Crippen molar-refractivity contribution in [1.29, 1.82) is 0 Å². The van der Waals surface area contributed by atoms with Crippen molar-refractivity contribution in [2.75, 3.05) is 5.32 Å². The highest BCUT2D eigenvalue weighted by Gasteiger charge is 2.11. The van der Waals surface area contributed by atoms with E-state index >= 15 is 0 Å². The molecular formula is C17H13ClN2O4. The molecule has 0 saturated carbocycles. The van der Waals surface area contributed by atoms with Crippen LogP contribution in [0.4, 0.5) is 5.69 Å². The molecular weight excluding hydrogens is 332 g/mol. The van der Waals surface area contributed by atoms with Crippen LogP contribution in [0.3, 0.4) is 0 Å². The van der Waals surface area contributed by atoms with Crippen molar-refractivity contribution >= 4 is 40.1 Å². The number of amides is 1. The van der Waals surface area contributed by atoms with Crippen molar-refractivity contribution in [3.8, 4) is 0 Å². The molecule has 0 aliphatic rings. The molecule has 24 heavy (non-hydrogen) atoms. The van der Waals surface area contributed by atoms with Crippen LogP contribution in [0.2, 0.25) is 5.02 Å². The molecule has 3 rings (SSSR count). The molecule has 1 heterocycles. The van der Waals surface area contributed by atoms with Gasteiger partial charge in [-0.3, -0.25) is 14.6 Å². The zero-order chi connectivity index (χ0) is 17.1. The summed E-state index contributed by atoms with van der Waals surface area (Å²) in [6.07, 6.45) is 0.119. The number of benzene rings is 2. The Labute approximate surface area is 141 Å². The van der Waals surface area contributed by atoms with Crippen molar-refractivity contribution in [2.45, 2.75) is 12.8 Å². The number of halogens is 1. The van der Waals surface area contributed by atoms with Gasteiger partial charge in [0.05, 0.1) is 5.52 Å². The van der Waals surface area contributed by atoms with Gasteiger partial charge in [0.1, 0.15) is 0 Å². The molecule has 3 aromatic rings. The van der Waals surface area contributed by atoms with Crippen LogP contribution in [0.5, 0.6) is 0 Å². The molecule has 0 radical (unpaired) electrons. The van der Waals surface area contributed by atoms with Gasteiger partial charge in [-0.1, -0.05) is 23.7 Å². The number of ketones is 1. The first-order valence-corrected chi connectivity index (χ1v) is 7.60. The number of Topliss-reactive ketones (excluding diaryl/α,β-unsaturated/α-hetero) is 1. The summed E-state index contributed by atoms with van der Waals surface area (Å²) in [7, 11) is 0. The fraction of sp³-hybridized carbons (Fsp3) is 0.118. The maximum Gasteiger partial charge on any atom is 0.417 e. The molecule has 0 spiro atoms. The van der Waals surface area contributed by atoms with Crippen molar-refractivity contribution < 1.29 is 14.0 Å². The van der Waals surface area contributed by atoms with Gasteiger partial charge in [-0.25, -0.2) is 4.79 Å². The van der Waals surface area contributed by atoms with Gasteiger partial charge in [0.15, 0.2) is 11.4 Å². The minimum Gasteiger partial charge on any atom is -0.408 e. The number of nitrogens with one attached hydrogen (secondary N) is 2. The van der Waals surface area contributed by atoms with E-state index in [4.69, 9.17) is 16.0 Å². The van der Waals surface area contributed by atoms with Crippen LogP contribution in [0.25, 0.3) is 11.1 Å². The maximum atomic E-state index is 12.0. The van der Waals surface area contributed by atoms with Crippen molar-refractivity contribution in [2.24, 2.45) is 0 Å². The van der Waals surface area contributed by atoms with Crippen LogP contribution in [-0.4, -0.2) is 16.7 Å². The molecule has 122 valence electrons. The van der Waals surface area contributed by atoms with Crippen molar-refractivity contribution in [3.05, 3.63) is 63.6 Å². The van der Waals surface area contributed by atoms with Gasteiger partial charge < -0.3 is 9.73 Å². The molecule has 7 heteroatoms. The Morgan fingerprint density at radius 3 is 2.75 bits per heavy atom. The summed E-state index contributed by atoms with van der Waals surface area (Å²) in [4.78, 5) is 37.6. The highest BCUT2D eigenvalue weighted by atomic mass is 35.5. The van der Waals surface area contributed by atoms with Gasteiger partial charge in [0, 0.05) is 35.2 Å². The number of oxazole rings is 1. The Morgan fingerprint density at radius 1 is 1.12 bits per heavy atom. The van der Waals surface area contributed by atoms with E-state index in [-0.39, 0.29) is 24.5 Å². The Bertz CT molecular complexity index is 974. The van der Waals surface area contributed by atoms with E-state index in [9.17, 15) is 14.4 Å². The number of rotatable bonds is 5. The van der Waals surface area contributed by atoms with Gasteiger partial charge in [0.2, 0.25) is 5.91 Å². The summed E-state index contributed by atoms with van der Waals surface area (Å²) >= 11 is 5.84. The smallest absolute Gasteiger partial charge is 0.408 e. The molecule has 2 aromatic carbocycles. The molecule has 0 saturated heterocycles. The van der Waals surface area contributed by atoms with Crippen LogP contribution >= 0.6 is 11.6 Å². The number of aromatic amines is 1. The largest absolute Gasteiger partial charge is 0.417 e. The lowest BCUT2D eigenvalue weighted by Gasteiger charge is -2.05. The van der Waals surface area contributed by atoms with Crippen molar-refractivity contribution in [1.82, 2.24) is 4.98 Å². The number of carbonyl (C=O) groups excluding carboxylic acids is 2. The number of hydrogen-bond acceptors (Lipinski definition) is 4. The molecule has 0 aliphatic heterocycles. The van der Waals surface area contributed by atoms with Crippen molar-refractivity contribution in [3.63, 3.8) is 0 Å². The standard InChI is InChI=1S/C17H13ClN2O4/c18-11-3-1-2-10(8-11)14(21)6-7-16(22)19-12-4-5-13-15(9-12)24-17(23)20-13/h1-5,8-9H,6-7H2,(H,19,22)(H,20,23). The Kier molecular flexibility index (Phi) is 4.48. The summed E-state index contributed by atoms with van der Waals surface area (Å²) in [5, 5.41) is 3.15. The molecule has 6 nitrogen and oxygen atoms in total. The fourth-order valence-corrected chi connectivity index (χ4v) is 2.47. The van der Waals surface area contributed by atoms with E-state index in [1.165, 1.54) is 0 Å². The minimum absolute atomic E-state index is 0.0421. The van der Waals surface area contributed by atoms with E-state index in [1.807, 2.05) is 0 Å². The third-order valence-electron chi connectivity index (χ3n) is 3.43. The van der Waals surface area contributed by atoms with Gasteiger partial charge in [-0.2, -0.15) is 0 Å². The Morgan fingerprint density at radius 2 is 1.96 bits per heavy atom. The minimum atomic E-state index is -0.555. The van der Waals surface area contributed by atoms with Gasteiger partial charge in [-0.15, -0.1) is 0 Å². The number of anilines is 1. The predicted molar refractivity (Wildman–Crippen MR) is 90.5 cm³/mol. The SMILES string of the molecule is O=C(CCC(=O)c1cccc(Cl)c1)Nc1ccc2[nH]c(=O)oc2c1. The normalized spacial score (nSPS) is 10.7. The second kappa shape index (κ2) is 6.72. The average Bonchev–Trinajstić information content (AvgIpc) is 2.92. The third-order valence-corrected chi connectivity index (χ3v) is 3.67. The van der Waals surface area contributed by atoms with E-state index < -0.39 is 5.76 Å². The maximum absolute atomic E-state index is 12.0. The first kappa shape index (κ1) is 16.0. The second-order valence-electron chi connectivity index (χ2n) is 5.21. The van der Waals surface area contributed by atoms with Crippen LogP contribution in [-0.2, 0) is 4.79 Å². The number of carbonyl (C=O) groups is 2. The monoisotopic (exact) mass is 344 g/mol. The molecule has 1 aromatic heterocycles. The molecule has 0 unspecified atom stereocenters. The number of fused-ring (bicyclic) bond motifs is 1. The highest BCUT2D eigenvalue weighted by molar-refractivity contribution is 6.31. The molecule has 1 amide bonds. The average molecular weight is 345 g/mol. The van der Waals surface area contributed by atoms with Crippen LogP contribution in [0, 0.1) is 0 Å². The summed E-state index contributed by atoms with van der Waals surface area (Å²) in [6.45, 7) is 0. The quantitative estimate of drug-likeness (QED) is 0.694. The molecule has 0 aliphatic carbocycles. The number of hydrogen-bond donors (Lipinski definition) is 2. The Hall–Kier alpha value is -2.86. The van der Waals surface area contributed by atoms with Crippen LogP contribution in [0.15, 0.2) is 51.7 Å². The fourth-order valence-electron chi connectivity index (χ4n) is 2.28. The lowest BCUT2D eigenvalue weighted by atomic mass is 10.1. The summed E-state index contributed by atoms with van der Waals surface area (Å²) in [6, 6.07) is 11.4. The molecule has 0 bridgehead atoms. The molecule has 0 atom stereocenters. The lowest BCUT2D eigenvalue weighted by Crippen LogP contribution is -2.13. The van der Waals surface area contributed by atoms with Gasteiger partial charge in [0.25, 0.3) is 0 Å². The Balaban J connectivity index is 1.60. The van der Waals surface area contributed by atoms with E-state index in [0.717, 1.165) is 0 Å². The molecule has 0 fully saturated rings. The molecule has 2 N–H and O–H groups in total. The van der Waals surface area contributed by atoms with E-state index in [0.29, 0.717) is 27.4 Å². The topological polar surface area (TPSA) is 92.2 Å². The number of aromatic nitrogens is 1. The second-order valence-corrected chi connectivity index (χ2v) is 5.64. The first-order valence-electron chi connectivity index (χ1n) is 7.23. The summed E-state index contributed by atoms with van der Waals surface area (Å²) in [5.74, 6) is -1.01. The number of H-pyrrole nitrogens is 1. The lowest BCUT2D eigenvalue weighted by molar-refractivity contribution is -0.116.